The summed E-state index contributed by atoms with van der Waals surface area (Å²) in [6, 6.07) is 2.69. The molecular formula is C14H23BrN2O4S. The zero-order chi connectivity index (χ0) is 16.8. The summed E-state index contributed by atoms with van der Waals surface area (Å²) in [4.78, 5) is 0.0324. The molecule has 0 saturated heterocycles. The number of benzene rings is 1. The average Bonchev–Trinajstić information content (AvgIpc) is 2.50. The molecule has 1 rings (SSSR count). The van der Waals surface area contributed by atoms with E-state index in [9.17, 15) is 8.42 Å². The van der Waals surface area contributed by atoms with Gasteiger partial charge in [-0.05, 0) is 28.4 Å². The first kappa shape index (κ1) is 19.2. The van der Waals surface area contributed by atoms with Crippen LogP contribution >= 0.6 is 15.9 Å². The van der Waals surface area contributed by atoms with Crippen molar-refractivity contribution in [1.82, 2.24) is 4.72 Å². The van der Waals surface area contributed by atoms with E-state index in [1.165, 1.54) is 20.3 Å². The minimum Gasteiger partial charge on any atom is -0.496 e. The quantitative estimate of drug-likeness (QED) is 0.670. The van der Waals surface area contributed by atoms with Crippen molar-refractivity contribution in [3.05, 3.63) is 16.6 Å². The minimum absolute atomic E-state index is 0.0324. The van der Waals surface area contributed by atoms with Crippen molar-refractivity contribution in [3.8, 4) is 11.5 Å². The first-order valence-electron chi connectivity index (χ1n) is 7.03. The molecule has 0 saturated carbocycles. The van der Waals surface area contributed by atoms with Gasteiger partial charge in [0, 0.05) is 18.7 Å². The van der Waals surface area contributed by atoms with Gasteiger partial charge < -0.3 is 15.2 Å². The van der Waals surface area contributed by atoms with E-state index in [1.54, 1.807) is 6.07 Å². The number of halogens is 1. The maximum atomic E-state index is 12.6. The zero-order valence-electron chi connectivity index (χ0n) is 13.1. The van der Waals surface area contributed by atoms with Gasteiger partial charge in [0.05, 0.1) is 18.7 Å². The number of sulfonamides is 1. The van der Waals surface area contributed by atoms with E-state index in [-0.39, 0.29) is 23.2 Å². The van der Waals surface area contributed by atoms with Crippen molar-refractivity contribution in [2.75, 3.05) is 20.8 Å². The summed E-state index contributed by atoms with van der Waals surface area (Å²) in [6.45, 7) is 2.29. The van der Waals surface area contributed by atoms with Crippen LogP contribution in [0.4, 0.5) is 0 Å². The van der Waals surface area contributed by atoms with Gasteiger partial charge in [-0.3, -0.25) is 0 Å². The molecule has 0 aliphatic rings. The fourth-order valence-corrected chi connectivity index (χ4v) is 3.93. The van der Waals surface area contributed by atoms with Crippen LogP contribution in [0.5, 0.6) is 11.5 Å². The molecule has 0 aliphatic carbocycles. The predicted molar refractivity (Wildman–Crippen MR) is 89.9 cm³/mol. The number of hydrogen-bond donors (Lipinski definition) is 2. The first-order chi connectivity index (χ1) is 10.4. The third-order valence-corrected chi connectivity index (χ3v) is 5.40. The standard InChI is InChI=1S/C14H23BrN2O4S/c1-4-5-6-10(9-16)17-22(18,19)14-8-12(20-2)11(15)7-13(14)21-3/h7-8,10,17H,4-6,9,16H2,1-3H3. The SMILES string of the molecule is CCCCC(CN)NS(=O)(=O)c1cc(OC)c(Br)cc1OC. The van der Waals surface area contributed by atoms with Gasteiger partial charge in [0.15, 0.2) is 0 Å². The molecule has 3 N–H and O–H groups in total. The number of methoxy groups -OCH3 is 2. The van der Waals surface area contributed by atoms with Gasteiger partial charge in [-0.1, -0.05) is 19.8 Å². The highest BCUT2D eigenvalue weighted by Crippen LogP contribution is 2.35. The first-order valence-corrected chi connectivity index (χ1v) is 9.31. The van der Waals surface area contributed by atoms with E-state index in [4.69, 9.17) is 15.2 Å². The predicted octanol–water partition coefficient (Wildman–Crippen LogP) is 2.26. The van der Waals surface area contributed by atoms with Crippen molar-refractivity contribution in [2.45, 2.75) is 37.1 Å². The second-order valence-corrected chi connectivity index (χ2v) is 7.37. The fourth-order valence-electron chi connectivity index (χ4n) is 2.00. The summed E-state index contributed by atoms with van der Waals surface area (Å²) in [6.07, 6.45) is 2.58. The van der Waals surface area contributed by atoms with Crippen molar-refractivity contribution >= 4 is 26.0 Å². The Morgan fingerprint density at radius 2 is 1.91 bits per heavy atom. The highest BCUT2D eigenvalue weighted by atomic mass is 79.9. The molecule has 1 aromatic rings. The lowest BCUT2D eigenvalue weighted by Crippen LogP contribution is -2.40. The normalized spacial score (nSPS) is 13.0. The van der Waals surface area contributed by atoms with Crippen LogP contribution in [0.3, 0.4) is 0 Å². The van der Waals surface area contributed by atoms with E-state index in [1.807, 2.05) is 6.92 Å². The van der Waals surface area contributed by atoms with E-state index >= 15 is 0 Å². The summed E-state index contributed by atoms with van der Waals surface area (Å²) in [5.41, 5.74) is 5.66. The Labute approximate surface area is 140 Å². The zero-order valence-corrected chi connectivity index (χ0v) is 15.5. The number of ether oxygens (including phenoxy) is 2. The van der Waals surface area contributed by atoms with E-state index in [2.05, 4.69) is 20.7 Å². The van der Waals surface area contributed by atoms with Gasteiger partial charge in [0.2, 0.25) is 10.0 Å². The van der Waals surface area contributed by atoms with E-state index in [0.717, 1.165) is 12.8 Å². The molecule has 0 heterocycles. The number of rotatable bonds is 9. The summed E-state index contributed by atoms with van der Waals surface area (Å²) >= 11 is 3.31. The minimum atomic E-state index is -3.75. The molecule has 0 bridgehead atoms. The lowest BCUT2D eigenvalue weighted by atomic mass is 10.1. The van der Waals surface area contributed by atoms with Crippen LogP contribution < -0.4 is 19.9 Å². The topological polar surface area (TPSA) is 90.7 Å². The van der Waals surface area contributed by atoms with Gasteiger partial charge in [-0.2, -0.15) is 0 Å². The van der Waals surface area contributed by atoms with Crippen LogP contribution in [0, 0.1) is 0 Å². The molecule has 0 radical (unpaired) electrons. The van der Waals surface area contributed by atoms with E-state index < -0.39 is 10.0 Å². The molecule has 0 amide bonds. The summed E-state index contributed by atoms with van der Waals surface area (Å²) in [5, 5.41) is 0. The number of hydrogen-bond acceptors (Lipinski definition) is 5. The molecule has 0 fully saturated rings. The van der Waals surface area contributed by atoms with Crippen LogP contribution in [0.15, 0.2) is 21.5 Å². The van der Waals surface area contributed by atoms with Crippen molar-refractivity contribution in [1.29, 1.82) is 0 Å². The molecule has 1 atom stereocenters. The number of nitrogens with one attached hydrogen (secondary N) is 1. The lowest BCUT2D eigenvalue weighted by Gasteiger charge is -2.18. The van der Waals surface area contributed by atoms with Crippen LogP contribution in [0.2, 0.25) is 0 Å². The lowest BCUT2D eigenvalue weighted by molar-refractivity contribution is 0.389. The molecule has 126 valence electrons. The van der Waals surface area contributed by atoms with Gasteiger partial charge in [-0.15, -0.1) is 0 Å². The van der Waals surface area contributed by atoms with Crippen LogP contribution in [0.1, 0.15) is 26.2 Å². The van der Waals surface area contributed by atoms with Crippen LogP contribution in [-0.4, -0.2) is 35.2 Å². The van der Waals surface area contributed by atoms with Crippen molar-refractivity contribution in [3.63, 3.8) is 0 Å². The highest BCUT2D eigenvalue weighted by Gasteiger charge is 2.24. The molecule has 1 aromatic carbocycles. The third kappa shape index (κ3) is 4.84. The Morgan fingerprint density at radius 3 is 2.41 bits per heavy atom. The van der Waals surface area contributed by atoms with Crippen molar-refractivity contribution in [2.24, 2.45) is 5.73 Å². The number of nitrogens with two attached hydrogens (primary N) is 1. The number of unbranched alkanes of at least 4 members (excludes halogenated alkanes) is 1. The molecule has 8 heteroatoms. The second kappa shape index (κ2) is 8.71. The maximum absolute atomic E-state index is 12.6. The Hall–Kier alpha value is -0.830. The maximum Gasteiger partial charge on any atom is 0.244 e. The average molecular weight is 395 g/mol. The van der Waals surface area contributed by atoms with Crippen LogP contribution in [-0.2, 0) is 10.0 Å². The molecule has 0 aliphatic heterocycles. The van der Waals surface area contributed by atoms with Gasteiger partial charge in [0.1, 0.15) is 16.4 Å². The van der Waals surface area contributed by atoms with Gasteiger partial charge in [0.25, 0.3) is 0 Å². The smallest absolute Gasteiger partial charge is 0.244 e. The second-order valence-electron chi connectivity index (χ2n) is 4.83. The Morgan fingerprint density at radius 1 is 1.27 bits per heavy atom. The highest BCUT2D eigenvalue weighted by molar-refractivity contribution is 9.10. The Kier molecular flexibility index (Phi) is 7.61. The molecule has 6 nitrogen and oxygen atoms in total. The molecular weight excluding hydrogens is 372 g/mol. The summed E-state index contributed by atoms with van der Waals surface area (Å²) < 4.78 is 38.8. The van der Waals surface area contributed by atoms with Crippen molar-refractivity contribution < 1.29 is 17.9 Å². The van der Waals surface area contributed by atoms with Gasteiger partial charge in [-0.25, -0.2) is 13.1 Å². The third-order valence-electron chi connectivity index (χ3n) is 3.24. The monoisotopic (exact) mass is 394 g/mol. The van der Waals surface area contributed by atoms with Crippen LogP contribution in [0.25, 0.3) is 0 Å². The molecule has 0 aromatic heterocycles. The molecule has 22 heavy (non-hydrogen) atoms. The van der Waals surface area contributed by atoms with E-state index in [0.29, 0.717) is 16.6 Å². The largest absolute Gasteiger partial charge is 0.496 e. The van der Waals surface area contributed by atoms with Gasteiger partial charge >= 0.3 is 0 Å². The molecule has 1 unspecified atom stereocenters. The summed E-state index contributed by atoms with van der Waals surface area (Å²) in [7, 11) is -0.856. The molecule has 0 spiro atoms. The summed E-state index contributed by atoms with van der Waals surface area (Å²) in [5.74, 6) is 0.658. The Bertz CT molecular complexity index is 593. The fraction of sp³-hybridized carbons (Fsp3) is 0.571. The Balaban J connectivity index is 3.15.